The van der Waals surface area contributed by atoms with Gasteiger partial charge in [0.2, 0.25) is 5.91 Å². The minimum Gasteiger partial charge on any atom is -0.484 e. The van der Waals surface area contributed by atoms with E-state index in [1.165, 1.54) is 0 Å². The van der Waals surface area contributed by atoms with Crippen molar-refractivity contribution in [1.29, 1.82) is 0 Å². The largest absolute Gasteiger partial charge is 0.484 e. The molecule has 148 valence electrons. The van der Waals surface area contributed by atoms with Crippen LogP contribution in [0, 0.1) is 6.92 Å². The number of benzene rings is 2. The minimum atomic E-state index is -0.290. The second-order valence-corrected chi connectivity index (χ2v) is 7.14. The minimum absolute atomic E-state index is 0.0650. The summed E-state index contributed by atoms with van der Waals surface area (Å²) in [7, 11) is 0. The van der Waals surface area contributed by atoms with Gasteiger partial charge in [-0.1, -0.05) is 29.8 Å². The first-order valence-corrected chi connectivity index (χ1v) is 9.54. The number of aliphatic hydroxyl groups is 1. The molecule has 0 bridgehead atoms. The Labute approximate surface area is 165 Å². The van der Waals surface area contributed by atoms with Gasteiger partial charge in [-0.05, 0) is 49.6 Å². The number of hydrogen-bond acceptors (Lipinski definition) is 4. The fraction of sp³-hybridized carbons (Fsp3) is 0.364. The van der Waals surface area contributed by atoms with E-state index in [4.69, 9.17) is 4.74 Å². The van der Waals surface area contributed by atoms with Gasteiger partial charge >= 0.3 is 0 Å². The number of anilines is 1. The average Bonchev–Trinajstić information content (AvgIpc) is 2.69. The van der Waals surface area contributed by atoms with Gasteiger partial charge in [-0.15, -0.1) is 0 Å². The van der Waals surface area contributed by atoms with Crippen molar-refractivity contribution in [1.82, 2.24) is 4.90 Å². The summed E-state index contributed by atoms with van der Waals surface area (Å²) in [5.41, 5.74) is 2.69. The quantitative estimate of drug-likeness (QED) is 0.805. The zero-order valence-corrected chi connectivity index (χ0v) is 16.1. The lowest BCUT2D eigenvalue weighted by Crippen LogP contribution is -2.40. The maximum atomic E-state index is 12.3. The fourth-order valence-corrected chi connectivity index (χ4v) is 3.09. The number of likely N-dealkylation sites (tertiary alicyclic amines) is 1. The molecular weight excluding hydrogens is 356 g/mol. The molecule has 0 atom stereocenters. The molecular formula is C22H26N2O4. The third-order valence-corrected chi connectivity index (χ3v) is 4.80. The second kappa shape index (κ2) is 9.37. The van der Waals surface area contributed by atoms with Crippen molar-refractivity contribution in [3.8, 4) is 5.75 Å². The highest BCUT2D eigenvalue weighted by molar-refractivity contribution is 5.92. The van der Waals surface area contributed by atoms with E-state index in [0.29, 0.717) is 43.8 Å². The van der Waals surface area contributed by atoms with E-state index < -0.39 is 0 Å². The number of rotatable bonds is 6. The van der Waals surface area contributed by atoms with Crippen molar-refractivity contribution in [3.05, 3.63) is 59.7 Å². The van der Waals surface area contributed by atoms with Crippen LogP contribution in [0.4, 0.5) is 5.69 Å². The zero-order chi connectivity index (χ0) is 19.9. The van der Waals surface area contributed by atoms with Gasteiger partial charge < -0.3 is 20.1 Å². The zero-order valence-electron chi connectivity index (χ0n) is 16.1. The molecule has 0 aromatic heterocycles. The highest BCUT2D eigenvalue weighted by Gasteiger charge is 2.21. The first-order valence-electron chi connectivity index (χ1n) is 9.54. The smallest absolute Gasteiger partial charge is 0.262 e. The Balaban J connectivity index is 1.45. The Morgan fingerprint density at radius 1 is 1.07 bits per heavy atom. The number of aliphatic hydroxyl groups excluding tert-OH is 1. The normalized spacial score (nSPS) is 14.6. The lowest BCUT2D eigenvalue weighted by molar-refractivity contribution is -0.132. The summed E-state index contributed by atoms with van der Waals surface area (Å²) in [4.78, 5) is 26.2. The first kappa shape index (κ1) is 19.9. The molecule has 0 unspecified atom stereocenters. The Bertz CT molecular complexity index is 794. The van der Waals surface area contributed by atoms with Gasteiger partial charge in [-0.3, -0.25) is 9.59 Å². The number of piperidine rings is 1. The van der Waals surface area contributed by atoms with Crippen LogP contribution in [-0.4, -0.2) is 47.6 Å². The second-order valence-electron chi connectivity index (χ2n) is 7.14. The summed E-state index contributed by atoms with van der Waals surface area (Å²) in [6.45, 7) is 3.14. The van der Waals surface area contributed by atoms with Gasteiger partial charge in [0, 0.05) is 18.8 Å². The summed E-state index contributed by atoms with van der Waals surface area (Å²) in [6.07, 6.45) is 1.31. The molecule has 28 heavy (non-hydrogen) atoms. The Morgan fingerprint density at radius 3 is 2.36 bits per heavy atom. The third kappa shape index (κ3) is 5.82. The van der Waals surface area contributed by atoms with E-state index in [1.807, 2.05) is 43.3 Å². The van der Waals surface area contributed by atoms with Crippen LogP contribution in [0.2, 0.25) is 0 Å². The number of ether oxygens (including phenoxy) is 1. The SMILES string of the molecule is Cc1ccc(OCC(=O)Nc2ccc(CC(=O)N3CCC(O)CC3)cc2)cc1. The third-order valence-electron chi connectivity index (χ3n) is 4.80. The van der Waals surface area contributed by atoms with E-state index in [9.17, 15) is 14.7 Å². The van der Waals surface area contributed by atoms with Crippen LogP contribution in [-0.2, 0) is 16.0 Å². The van der Waals surface area contributed by atoms with Crippen molar-refractivity contribution in [2.75, 3.05) is 25.0 Å². The van der Waals surface area contributed by atoms with Gasteiger partial charge in [0.1, 0.15) is 5.75 Å². The van der Waals surface area contributed by atoms with Crippen LogP contribution in [0.25, 0.3) is 0 Å². The van der Waals surface area contributed by atoms with Crippen molar-refractivity contribution in [3.63, 3.8) is 0 Å². The van der Waals surface area contributed by atoms with Crippen molar-refractivity contribution >= 4 is 17.5 Å². The number of nitrogens with zero attached hydrogens (tertiary/aromatic N) is 1. The maximum absolute atomic E-state index is 12.3. The topological polar surface area (TPSA) is 78.9 Å². The fourth-order valence-electron chi connectivity index (χ4n) is 3.09. The molecule has 0 spiro atoms. The maximum Gasteiger partial charge on any atom is 0.262 e. The summed E-state index contributed by atoms with van der Waals surface area (Å²) >= 11 is 0. The lowest BCUT2D eigenvalue weighted by atomic mass is 10.1. The molecule has 0 aliphatic carbocycles. The Kier molecular flexibility index (Phi) is 6.66. The van der Waals surface area contributed by atoms with Gasteiger partial charge in [-0.25, -0.2) is 0 Å². The van der Waals surface area contributed by atoms with Gasteiger partial charge in [0.15, 0.2) is 6.61 Å². The molecule has 3 rings (SSSR count). The number of aryl methyl sites for hydroxylation is 1. The van der Waals surface area contributed by atoms with Crippen molar-refractivity contribution in [2.45, 2.75) is 32.3 Å². The molecule has 6 nitrogen and oxygen atoms in total. The predicted octanol–water partition coefficient (Wildman–Crippen LogP) is 2.54. The van der Waals surface area contributed by atoms with Crippen LogP contribution in [0.3, 0.4) is 0 Å². The molecule has 1 aliphatic heterocycles. The Hall–Kier alpha value is -2.86. The number of carbonyl (C=O) groups excluding carboxylic acids is 2. The standard InChI is InChI=1S/C22H26N2O4/c1-16-2-8-20(9-3-16)28-15-21(26)23-18-6-4-17(5-7-18)14-22(27)24-12-10-19(25)11-13-24/h2-9,19,25H,10-15H2,1H3,(H,23,26). The summed E-state index contributed by atoms with van der Waals surface area (Å²) in [6, 6.07) is 14.8. The molecule has 1 saturated heterocycles. The first-order chi connectivity index (χ1) is 13.5. The van der Waals surface area contributed by atoms with Crippen LogP contribution in [0.1, 0.15) is 24.0 Å². The number of amides is 2. The number of carbonyl (C=O) groups is 2. The molecule has 0 saturated carbocycles. The van der Waals surface area contributed by atoms with Crippen LogP contribution < -0.4 is 10.1 Å². The van der Waals surface area contributed by atoms with E-state index >= 15 is 0 Å². The molecule has 6 heteroatoms. The lowest BCUT2D eigenvalue weighted by Gasteiger charge is -2.29. The summed E-state index contributed by atoms with van der Waals surface area (Å²) in [5, 5.41) is 12.3. The van der Waals surface area contributed by atoms with Crippen molar-refractivity contribution < 1.29 is 19.4 Å². The number of nitrogens with one attached hydrogen (secondary N) is 1. The Morgan fingerprint density at radius 2 is 1.71 bits per heavy atom. The molecule has 2 aromatic carbocycles. The molecule has 2 aromatic rings. The monoisotopic (exact) mass is 382 g/mol. The van der Waals surface area contributed by atoms with Crippen LogP contribution in [0.5, 0.6) is 5.75 Å². The van der Waals surface area contributed by atoms with Crippen LogP contribution in [0.15, 0.2) is 48.5 Å². The molecule has 1 fully saturated rings. The summed E-state index contributed by atoms with van der Waals surface area (Å²) in [5.74, 6) is 0.478. The van der Waals surface area contributed by atoms with E-state index in [-0.39, 0.29) is 24.5 Å². The van der Waals surface area contributed by atoms with E-state index in [0.717, 1.165) is 11.1 Å². The molecule has 1 aliphatic rings. The molecule has 2 amide bonds. The number of hydrogen-bond donors (Lipinski definition) is 2. The van der Waals surface area contributed by atoms with Gasteiger partial charge in [0.25, 0.3) is 5.91 Å². The molecule has 1 heterocycles. The molecule has 2 N–H and O–H groups in total. The van der Waals surface area contributed by atoms with E-state index in [2.05, 4.69) is 5.32 Å². The highest BCUT2D eigenvalue weighted by atomic mass is 16.5. The van der Waals surface area contributed by atoms with E-state index in [1.54, 1.807) is 17.0 Å². The summed E-state index contributed by atoms with van der Waals surface area (Å²) < 4.78 is 5.47. The highest BCUT2D eigenvalue weighted by Crippen LogP contribution is 2.15. The van der Waals surface area contributed by atoms with Crippen LogP contribution >= 0.6 is 0 Å². The van der Waals surface area contributed by atoms with Crippen molar-refractivity contribution in [2.24, 2.45) is 0 Å². The molecule has 0 radical (unpaired) electrons. The van der Waals surface area contributed by atoms with Gasteiger partial charge in [-0.2, -0.15) is 0 Å². The predicted molar refractivity (Wildman–Crippen MR) is 107 cm³/mol. The van der Waals surface area contributed by atoms with Gasteiger partial charge in [0.05, 0.1) is 12.5 Å². The average molecular weight is 382 g/mol.